The van der Waals surface area contributed by atoms with Crippen molar-refractivity contribution in [3.63, 3.8) is 0 Å². The maximum Gasteiger partial charge on any atom is 0.300 e. The van der Waals surface area contributed by atoms with Crippen LogP contribution >= 0.6 is 0 Å². The van der Waals surface area contributed by atoms with Gasteiger partial charge in [-0.25, -0.2) is 0 Å². The number of aliphatic hydroxyl groups is 1. The summed E-state index contributed by atoms with van der Waals surface area (Å²) in [7, 11) is 0. The van der Waals surface area contributed by atoms with Gasteiger partial charge in [0.1, 0.15) is 18.8 Å². The number of aliphatic carboxylic acids is 1. The second kappa shape index (κ2) is 9.71. The summed E-state index contributed by atoms with van der Waals surface area (Å²) < 4.78 is 7.16. The molecular weight excluding hydrogens is 394 g/mol. The Kier molecular flexibility index (Phi) is 6.83. The van der Waals surface area contributed by atoms with Crippen LogP contribution in [0.5, 0.6) is 0 Å². The summed E-state index contributed by atoms with van der Waals surface area (Å²) in [6.07, 6.45) is 2.39. The number of hydrogen-bond donors (Lipinski definition) is 3. The number of amides is 1. The standard InChI is InChI=1S/C16H17N7O3.C2H4O2/c24-8-12-13(11-4-2-1-3-5-11)23(6-7-26-12)15(25)14-19-16(21-20-14)22-9-17-18-10-22;1-2(3)4/h1-5,9-10,12-13,24H,6-8H2,(H,19,20,21);1H3,(H,3,4)/t12-,13-;/m0./s1. The van der Waals surface area contributed by atoms with E-state index in [0.29, 0.717) is 13.2 Å². The number of carbonyl (C=O) groups excluding carboxylic acids is 1. The van der Waals surface area contributed by atoms with Gasteiger partial charge >= 0.3 is 0 Å². The lowest BCUT2D eigenvalue weighted by Crippen LogP contribution is -2.49. The molecule has 0 spiro atoms. The summed E-state index contributed by atoms with van der Waals surface area (Å²) in [6.45, 7) is 1.62. The lowest BCUT2D eigenvalue weighted by Gasteiger charge is -2.40. The highest BCUT2D eigenvalue weighted by Gasteiger charge is 2.37. The molecule has 1 amide bonds. The molecule has 12 nitrogen and oxygen atoms in total. The number of nitrogens with one attached hydrogen (secondary N) is 1. The van der Waals surface area contributed by atoms with Gasteiger partial charge in [0.05, 0.1) is 19.3 Å². The smallest absolute Gasteiger partial charge is 0.300 e. The second-order valence-electron chi connectivity index (χ2n) is 6.32. The number of aliphatic hydroxyl groups excluding tert-OH is 1. The molecule has 0 unspecified atom stereocenters. The number of H-pyrrole nitrogens is 1. The van der Waals surface area contributed by atoms with E-state index in [2.05, 4.69) is 25.4 Å². The van der Waals surface area contributed by atoms with Crippen LogP contribution in [0.15, 0.2) is 43.0 Å². The molecule has 3 aromatic rings. The van der Waals surface area contributed by atoms with Crippen molar-refractivity contribution >= 4 is 11.9 Å². The van der Waals surface area contributed by atoms with Gasteiger partial charge in [0.25, 0.3) is 17.8 Å². The summed E-state index contributed by atoms with van der Waals surface area (Å²) in [5, 5.41) is 31.2. The number of ether oxygens (including phenoxy) is 1. The third kappa shape index (κ3) is 4.85. The maximum atomic E-state index is 13.0. The fourth-order valence-corrected chi connectivity index (χ4v) is 3.06. The first-order chi connectivity index (χ1) is 14.5. The Hall–Kier alpha value is -3.64. The Morgan fingerprint density at radius 2 is 1.90 bits per heavy atom. The van der Waals surface area contributed by atoms with E-state index in [1.807, 2.05) is 30.3 Å². The zero-order valence-electron chi connectivity index (χ0n) is 16.1. The van der Waals surface area contributed by atoms with E-state index in [1.54, 1.807) is 4.90 Å². The quantitative estimate of drug-likeness (QED) is 0.535. The Balaban J connectivity index is 0.000000589. The van der Waals surface area contributed by atoms with E-state index >= 15 is 0 Å². The van der Waals surface area contributed by atoms with E-state index in [-0.39, 0.29) is 24.3 Å². The van der Waals surface area contributed by atoms with Crippen LogP contribution in [0.25, 0.3) is 5.95 Å². The third-order valence-corrected chi connectivity index (χ3v) is 4.26. The minimum atomic E-state index is -0.833. The minimum absolute atomic E-state index is 0.105. The van der Waals surface area contributed by atoms with E-state index in [1.165, 1.54) is 17.2 Å². The minimum Gasteiger partial charge on any atom is -0.481 e. The predicted molar refractivity (Wildman–Crippen MR) is 102 cm³/mol. The third-order valence-electron chi connectivity index (χ3n) is 4.26. The van der Waals surface area contributed by atoms with Gasteiger partial charge in [0, 0.05) is 13.5 Å². The molecule has 12 heteroatoms. The van der Waals surface area contributed by atoms with E-state index in [4.69, 9.17) is 14.6 Å². The van der Waals surface area contributed by atoms with Crippen molar-refractivity contribution in [2.75, 3.05) is 19.8 Å². The predicted octanol–water partition coefficient (Wildman–Crippen LogP) is 0.0509. The van der Waals surface area contributed by atoms with Crippen LogP contribution in [-0.2, 0) is 9.53 Å². The first kappa shape index (κ1) is 21.1. The molecule has 0 aliphatic carbocycles. The Morgan fingerprint density at radius 1 is 1.23 bits per heavy atom. The number of aromatic amines is 1. The molecule has 0 radical (unpaired) electrons. The van der Waals surface area contributed by atoms with Crippen molar-refractivity contribution in [1.29, 1.82) is 0 Å². The summed E-state index contributed by atoms with van der Waals surface area (Å²) >= 11 is 0. The van der Waals surface area contributed by atoms with Crippen LogP contribution in [0.4, 0.5) is 0 Å². The summed E-state index contributed by atoms with van der Waals surface area (Å²) in [5.41, 5.74) is 0.887. The number of carbonyl (C=O) groups is 2. The van der Waals surface area contributed by atoms with Gasteiger partial charge in [0.15, 0.2) is 0 Å². The van der Waals surface area contributed by atoms with Gasteiger partial charge < -0.3 is 19.8 Å². The zero-order chi connectivity index (χ0) is 21.5. The van der Waals surface area contributed by atoms with Crippen LogP contribution < -0.4 is 0 Å². The molecule has 4 rings (SSSR count). The molecule has 1 aliphatic heterocycles. The SMILES string of the molecule is CC(=O)O.O=C(c1nc(-n2cnnc2)n[nH]1)N1CCO[C@@H](CO)[C@@H]1c1ccccc1. The molecule has 2 atom stereocenters. The van der Waals surface area contributed by atoms with Gasteiger partial charge in [0.2, 0.25) is 5.82 Å². The number of morpholine rings is 1. The van der Waals surface area contributed by atoms with E-state index in [0.717, 1.165) is 12.5 Å². The van der Waals surface area contributed by atoms with Crippen molar-refractivity contribution in [3.8, 4) is 5.95 Å². The number of nitrogens with zero attached hydrogens (tertiary/aromatic N) is 6. The monoisotopic (exact) mass is 415 g/mol. The number of aromatic nitrogens is 6. The maximum absolute atomic E-state index is 13.0. The average molecular weight is 415 g/mol. The molecule has 0 bridgehead atoms. The van der Waals surface area contributed by atoms with Crippen molar-refractivity contribution in [1.82, 2.24) is 34.8 Å². The molecule has 1 saturated heterocycles. The molecule has 0 saturated carbocycles. The molecule has 30 heavy (non-hydrogen) atoms. The Labute approximate surface area is 171 Å². The largest absolute Gasteiger partial charge is 0.481 e. The molecule has 3 N–H and O–H groups in total. The normalized spacial score (nSPS) is 18.4. The Bertz CT molecular complexity index is 956. The highest BCUT2D eigenvalue weighted by Crippen LogP contribution is 2.30. The molecular formula is C18H21N7O5. The highest BCUT2D eigenvalue weighted by molar-refractivity contribution is 5.91. The summed E-state index contributed by atoms with van der Waals surface area (Å²) in [6, 6.07) is 9.08. The average Bonchev–Trinajstić information content (AvgIpc) is 3.44. The van der Waals surface area contributed by atoms with Crippen LogP contribution in [0.3, 0.4) is 0 Å². The number of carboxylic acids is 1. The fraction of sp³-hybridized carbons (Fsp3) is 0.333. The highest BCUT2D eigenvalue weighted by atomic mass is 16.5. The van der Waals surface area contributed by atoms with Gasteiger partial charge in [-0.2, -0.15) is 4.98 Å². The van der Waals surface area contributed by atoms with Crippen molar-refractivity contribution in [2.45, 2.75) is 19.1 Å². The molecule has 3 heterocycles. The van der Waals surface area contributed by atoms with Gasteiger partial charge in [-0.15, -0.1) is 15.3 Å². The number of benzene rings is 1. The van der Waals surface area contributed by atoms with Gasteiger partial charge in [-0.05, 0) is 5.56 Å². The second-order valence-corrected chi connectivity index (χ2v) is 6.32. The summed E-state index contributed by atoms with van der Waals surface area (Å²) in [5.74, 6) is -0.762. The zero-order valence-corrected chi connectivity index (χ0v) is 16.1. The van der Waals surface area contributed by atoms with Crippen LogP contribution in [0.2, 0.25) is 0 Å². The topological polar surface area (TPSA) is 159 Å². The Morgan fingerprint density at radius 3 is 2.53 bits per heavy atom. The molecule has 1 fully saturated rings. The van der Waals surface area contributed by atoms with Crippen molar-refractivity contribution < 1.29 is 24.5 Å². The van der Waals surface area contributed by atoms with Crippen LogP contribution in [0, 0.1) is 0 Å². The lowest BCUT2D eigenvalue weighted by molar-refractivity contribution is -0.134. The van der Waals surface area contributed by atoms with Crippen molar-refractivity contribution in [3.05, 3.63) is 54.4 Å². The van der Waals surface area contributed by atoms with Gasteiger partial charge in [-0.3, -0.25) is 19.3 Å². The lowest BCUT2D eigenvalue weighted by atomic mass is 9.98. The van der Waals surface area contributed by atoms with Crippen LogP contribution in [-0.4, -0.2) is 82.8 Å². The first-order valence-corrected chi connectivity index (χ1v) is 9.06. The van der Waals surface area contributed by atoms with Crippen molar-refractivity contribution in [2.24, 2.45) is 0 Å². The molecule has 158 valence electrons. The van der Waals surface area contributed by atoms with Gasteiger partial charge in [-0.1, -0.05) is 30.3 Å². The number of carboxylic acid groups (broad SMARTS) is 1. The number of rotatable bonds is 4. The fourth-order valence-electron chi connectivity index (χ4n) is 3.06. The van der Waals surface area contributed by atoms with E-state index in [9.17, 15) is 9.90 Å². The first-order valence-electron chi connectivity index (χ1n) is 9.06. The molecule has 2 aromatic heterocycles. The molecule has 1 aliphatic rings. The van der Waals surface area contributed by atoms with E-state index < -0.39 is 18.1 Å². The van der Waals surface area contributed by atoms with Crippen LogP contribution in [0.1, 0.15) is 29.1 Å². The summed E-state index contributed by atoms with van der Waals surface area (Å²) in [4.78, 5) is 27.9. The number of hydrogen-bond acceptors (Lipinski definition) is 8. The molecule has 1 aromatic carbocycles.